The fourth-order valence-electron chi connectivity index (χ4n) is 1.34. The van der Waals surface area contributed by atoms with Gasteiger partial charge in [-0.15, -0.1) is 12.4 Å². The van der Waals surface area contributed by atoms with Gasteiger partial charge >= 0.3 is 0 Å². The fourth-order valence-corrected chi connectivity index (χ4v) is 1.34. The van der Waals surface area contributed by atoms with E-state index in [1.807, 2.05) is 51.4 Å². The van der Waals surface area contributed by atoms with Gasteiger partial charge in [-0.3, -0.25) is 0 Å². The highest BCUT2D eigenvalue weighted by molar-refractivity contribution is 5.85. The standard InChI is InChI=1S/C14H21NO2.ClH/c1-4-16-13-9-5-6-10-14(13)17-12-8-7-11-15(2)3;/h5-10H,4,11-12H2,1-3H3;1H/b8-7+;. The summed E-state index contributed by atoms with van der Waals surface area (Å²) in [6.45, 7) is 4.11. The van der Waals surface area contributed by atoms with Crippen LogP contribution in [0.1, 0.15) is 6.92 Å². The van der Waals surface area contributed by atoms with E-state index in [0.717, 1.165) is 18.0 Å². The molecule has 102 valence electrons. The molecule has 0 aromatic heterocycles. The SMILES string of the molecule is CCOc1ccccc1OC/C=C/CN(C)C.Cl. The van der Waals surface area contributed by atoms with Crippen molar-refractivity contribution in [2.75, 3.05) is 33.9 Å². The number of ether oxygens (including phenoxy) is 2. The molecule has 0 radical (unpaired) electrons. The molecular weight excluding hydrogens is 250 g/mol. The summed E-state index contributed by atoms with van der Waals surface area (Å²) in [5.41, 5.74) is 0. The Bertz CT molecular complexity index is 353. The van der Waals surface area contributed by atoms with Crippen molar-refractivity contribution in [3.8, 4) is 11.5 Å². The van der Waals surface area contributed by atoms with Crippen molar-refractivity contribution < 1.29 is 9.47 Å². The molecule has 0 aliphatic heterocycles. The largest absolute Gasteiger partial charge is 0.490 e. The van der Waals surface area contributed by atoms with Crippen LogP contribution in [-0.2, 0) is 0 Å². The Morgan fingerprint density at radius 2 is 1.67 bits per heavy atom. The minimum absolute atomic E-state index is 0. The van der Waals surface area contributed by atoms with Gasteiger partial charge in [0.2, 0.25) is 0 Å². The average molecular weight is 272 g/mol. The molecule has 0 saturated heterocycles. The van der Waals surface area contributed by atoms with Crippen molar-refractivity contribution in [3.63, 3.8) is 0 Å². The second-order valence-corrected chi connectivity index (χ2v) is 3.92. The maximum atomic E-state index is 5.64. The van der Waals surface area contributed by atoms with E-state index in [1.165, 1.54) is 0 Å². The zero-order valence-corrected chi connectivity index (χ0v) is 12.1. The van der Waals surface area contributed by atoms with Gasteiger partial charge in [-0.1, -0.05) is 24.3 Å². The van der Waals surface area contributed by atoms with Crippen molar-refractivity contribution in [3.05, 3.63) is 36.4 Å². The lowest BCUT2D eigenvalue weighted by Crippen LogP contribution is -2.10. The first-order valence-corrected chi connectivity index (χ1v) is 5.88. The van der Waals surface area contributed by atoms with Crippen molar-refractivity contribution in [2.45, 2.75) is 6.92 Å². The van der Waals surface area contributed by atoms with Crippen LogP contribution in [0.15, 0.2) is 36.4 Å². The van der Waals surface area contributed by atoms with Crippen molar-refractivity contribution in [2.24, 2.45) is 0 Å². The van der Waals surface area contributed by atoms with Crippen LogP contribution in [0.4, 0.5) is 0 Å². The van der Waals surface area contributed by atoms with Gasteiger partial charge in [-0.05, 0) is 33.2 Å². The van der Waals surface area contributed by atoms with Crippen molar-refractivity contribution >= 4 is 12.4 Å². The zero-order chi connectivity index (χ0) is 12.5. The van der Waals surface area contributed by atoms with Crippen LogP contribution in [0, 0.1) is 0 Å². The molecule has 0 heterocycles. The number of halogens is 1. The average Bonchev–Trinajstić information content (AvgIpc) is 2.31. The van der Waals surface area contributed by atoms with E-state index in [1.54, 1.807) is 0 Å². The van der Waals surface area contributed by atoms with Crippen LogP contribution < -0.4 is 9.47 Å². The number of benzene rings is 1. The highest BCUT2D eigenvalue weighted by atomic mass is 35.5. The third-order valence-corrected chi connectivity index (χ3v) is 2.12. The van der Waals surface area contributed by atoms with E-state index >= 15 is 0 Å². The fraction of sp³-hybridized carbons (Fsp3) is 0.429. The molecule has 0 atom stereocenters. The Morgan fingerprint density at radius 1 is 1.06 bits per heavy atom. The minimum atomic E-state index is 0. The summed E-state index contributed by atoms with van der Waals surface area (Å²) < 4.78 is 11.1. The second kappa shape index (κ2) is 9.80. The summed E-state index contributed by atoms with van der Waals surface area (Å²) >= 11 is 0. The van der Waals surface area contributed by atoms with Gasteiger partial charge in [0.1, 0.15) is 6.61 Å². The van der Waals surface area contributed by atoms with Gasteiger partial charge in [0.15, 0.2) is 11.5 Å². The summed E-state index contributed by atoms with van der Waals surface area (Å²) in [6.07, 6.45) is 4.10. The summed E-state index contributed by atoms with van der Waals surface area (Å²) in [6, 6.07) is 7.73. The van der Waals surface area contributed by atoms with E-state index in [0.29, 0.717) is 13.2 Å². The Balaban J connectivity index is 0.00000289. The van der Waals surface area contributed by atoms with E-state index in [-0.39, 0.29) is 12.4 Å². The quantitative estimate of drug-likeness (QED) is 0.712. The number of para-hydroxylation sites is 2. The normalized spacial score (nSPS) is 10.4. The van der Waals surface area contributed by atoms with Gasteiger partial charge in [-0.25, -0.2) is 0 Å². The highest BCUT2D eigenvalue weighted by Crippen LogP contribution is 2.26. The number of likely N-dealkylation sites (N-methyl/N-ethyl adjacent to an activating group) is 1. The monoisotopic (exact) mass is 271 g/mol. The van der Waals surface area contributed by atoms with Crippen molar-refractivity contribution in [1.82, 2.24) is 4.90 Å². The van der Waals surface area contributed by atoms with Crippen LogP contribution in [-0.4, -0.2) is 38.8 Å². The Morgan fingerprint density at radius 3 is 2.22 bits per heavy atom. The molecule has 0 N–H and O–H groups in total. The predicted molar refractivity (Wildman–Crippen MR) is 78.0 cm³/mol. The van der Waals surface area contributed by atoms with Gasteiger partial charge in [-0.2, -0.15) is 0 Å². The van der Waals surface area contributed by atoms with Gasteiger partial charge in [0, 0.05) is 6.54 Å². The molecule has 4 heteroatoms. The summed E-state index contributed by atoms with van der Waals surface area (Å²) in [4.78, 5) is 2.10. The molecule has 0 aliphatic rings. The summed E-state index contributed by atoms with van der Waals surface area (Å²) in [5.74, 6) is 1.60. The lowest BCUT2D eigenvalue weighted by Gasteiger charge is -2.10. The number of nitrogens with zero attached hydrogens (tertiary/aromatic N) is 1. The first-order valence-electron chi connectivity index (χ1n) is 5.88. The highest BCUT2D eigenvalue weighted by Gasteiger charge is 2.01. The molecule has 18 heavy (non-hydrogen) atoms. The van der Waals surface area contributed by atoms with E-state index in [9.17, 15) is 0 Å². The van der Waals surface area contributed by atoms with E-state index in [4.69, 9.17) is 9.47 Å². The second-order valence-electron chi connectivity index (χ2n) is 3.92. The molecule has 0 unspecified atom stereocenters. The molecule has 1 aromatic rings. The van der Waals surface area contributed by atoms with Gasteiger partial charge < -0.3 is 14.4 Å². The third-order valence-electron chi connectivity index (χ3n) is 2.12. The van der Waals surface area contributed by atoms with Crippen LogP contribution >= 0.6 is 12.4 Å². The Hall–Kier alpha value is -1.19. The number of hydrogen-bond acceptors (Lipinski definition) is 3. The van der Waals surface area contributed by atoms with Crippen LogP contribution in [0.5, 0.6) is 11.5 Å². The van der Waals surface area contributed by atoms with Gasteiger partial charge in [0.05, 0.1) is 6.61 Å². The van der Waals surface area contributed by atoms with Gasteiger partial charge in [0.25, 0.3) is 0 Å². The number of hydrogen-bond donors (Lipinski definition) is 0. The minimum Gasteiger partial charge on any atom is -0.490 e. The first-order chi connectivity index (χ1) is 8.24. The Labute approximate surface area is 116 Å². The molecule has 3 nitrogen and oxygen atoms in total. The van der Waals surface area contributed by atoms with E-state index < -0.39 is 0 Å². The van der Waals surface area contributed by atoms with Crippen LogP contribution in [0.3, 0.4) is 0 Å². The maximum Gasteiger partial charge on any atom is 0.161 e. The smallest absolute Gasteiger partial charge is 0.161 e. The lowest BCUT2D eigenvalue weighted by atomic mass is 10.3. The molecule has 0 aliphatic carbocycles. The molecule has 0 spiro atoms. The molecule has 0 fully saturated rings. The molecule has 0 amide bonds. The summed E-state index contributed by atoms with van der Waals surface area (Å²) in [7, 11) is 4.07. The Kier molecular flexibility index (Phi) is 9.15. The summed E-state index contributed by atoms with van der Waals surface area (Å²) in [5, 5.41) is 0. The third kappa shape index (κ3) is 6.52. The molecule has 0 saturated carbocycles. The predicted octanol–water partition coefficient (Wildman–Crippen LogP) is 3.00. The maximum absolute atomic E-state index is 5.64. The lowest BCUT2D eigenvalue weighted by molar-refractivity contribution is 0.296. The zero-order valence-electron chi connectivity index (χ0n) is 11.3. The van der Waals surface area contributed by atoms with E-state index in [2.05, 4.69) is 11.0 Å². The molecule has 0 bridgehead atoms. The first kappa shape index (κ1) is 16.8. The van der Waals surface area contributed by atoms with Crippen LogP contribution in [0.25, 0.3) is 0 Å². The molecule has 1 rings (SSSR count). The molecular formula is C14H22ClNO2. The number of rotatable bonds is 7. The molecule has 1 aromatic carbocycles. The van der Waals surface area contributed by atoms with Crippen molar-refractivity contribution in [1.29, 1.82) is 0 Å². The topological polar surface area (TPSA) is 21.7 Å². The van der Waals surface area contributed by atoms with Crippen LogP contribution in [0.2, 0.25) is 0 Å².